The lowest BCUT2D eigenvalue weighted by Crippen LogP contribution is -2.51. The average Bonchev–Trinajstić information content (AvgIpc) is 3.70. The van der Waals surface area contributed by atoms with Crippen LogP contribution in [0.1, 0.15) is 57.5 Å². The van der Waals surface area contributed by atoms with Crippen LogP contribution in [0, 0.1) is 11.8 Å². The first kappa shape index (κ1) is 26.6. The summed E-state index contributed by atoms with van der Waals surface area (Å²) in [5.74, 6) is -1.03. The van der Waals surface area contributed by atoms with Crippen LogP contribution in [-0.2, 0) is 16.6 Å². The Kier molecular flexibility index (Phi) is 6.28. The molecular weight excluding hydrogens is 540 g/mol. The van der Waals surface area contributed by atoms with E-state index < -0.39 is 23.4 Å². The molecule has 3 aliphatic heterocycles. The number of amides is 1. The van der Waals surface area contributed by atoms with E-state index in [0.29, 0.717) is 22.0 Å². The number of benzene rings is 3. The summed E-state index contributed by atoms with van der Waals surface area (Å²) in [6.07, 6.45) is 3.01. The molecule has 0 aliphatic carbocycles. The number of ketones is 2. The number of fused-ring (bicyclic) bond motifs is 6. The van der Waals surface area contributed by atoms with Gasteiger partial charge in [-0.1, -0.05) is 86.7 Å². The first-order chi connectivity index (χ1) is 20.3. The Labute approximate surface area is 249 Å². The highest BCUT2D eigenvalue weighted by Gasteiger charge is 2.70. The number of Topliss-reactive ketones (excluding diaryl/α,β-unsaturated/α-hetero) is 2. The van der Waals surface area contributed by atoms with Gasteiger partial charge in [0.1, 0.15) is 11.5 Å². The molecule has 0 bridgehead atoms. The smallest absolute Gasteiger partial charge is 0.238 e. The first-order valence-corrected chi connectivity index (χ1v) is 15.4. The normalized spacial score (nSPS) is 23.8. The van der Waals surface area contributed by atoms with Crippen molar-refractivity contribution in [1.82, 2.24) is 0 Å². The summed E-state index contributed by atoms with van der Waals surface area (Å²) in [5, 5.41) is 4.99. The number of rotatable bonds is 6. The van der Waals surface area contributed by atoms with E-state index in [-0.39, 0.29) is 17.5 Å². The minimum atomic E-state index is -1.29. The number of hydrogen-bond donors (Lipinski definition) is 1. The lowest BCUT2D eigenvalue weighted by atomic mass is 9.64. The van der Waals surface area contributed by atoms with Gasteiger partial charge in [0.05, 0.1) is 16.8 Å². The van der Waals surface area contributed by atoms with E-state index >= 15 is 0 Å². The largest absolute Gasteiger partial charge is 0.352 e. The van der Waals surface area contributed by atoms with Gasteiger partial charge < -0.3 is 10.2 Å². The SMILES string of the molecule is CC1=CC2N(c3ccccc31)C(C(=O)c1cccs1)C(C(=O)c1ccc(CC(C)C)cc1)C21C(=O)Nc2ccccc21. The van der Waals surface area contributed by atoms with Gasteiger partial charge in [0.25, 0.3) is 0 Å². The Hall–Kier alpha value is -4.29. The van der Waals surface area contributed by atoms with Gasteiger partial charge in [-0.3, -0.25) is 14.4 Å². The zero-order valence-electron chi connectivity index (χ0n) is 23.8. The fraction of sp³-hybridized carbons (Fsp3) is 0.250. The topological polar surface area (TPSA) is 66.5 Å². The Morgan fingerprint density at radius 1 is 0.929 bits per heavy atom. The zero-order valence-corrected chi connectivity index (χ0v) is 24.7. The Balaban J connectivity index is 1.50. The third-order valence-corrected chi connectivity index (χ3v) is 9.97. The molecule has 1 N–H and O–H groups in total. The van der Waals surface area contributed by atoms with Gasteiger partial charge in [0, 0.05) is 22.5 Å². The molecule has 1 spiro atoms. The summed E-state index contributed by atoms with van der Waals surface area (Å²) in [6, 6.07) is 25.6. The third kappa shape index (κ3) is 3.78. The monoisotopic (exact) mass is 572 g/mol. The van der Waals surface area contributed by atoms with Crippen LogP contribution in [0.5, 0.6) is 0 Å². The molecule has 1 aromatic heterocycles. The van der Waals surface area contributed by atoms with E-state index in [2.05, 4.69) is 30.1 Å². The highest BCUT2D eigenvalue weighted by molar-refractivity contribution is 7.12. The molecule has 1 amide bonds. The van der Waals surface area contributed by atoms with E-state index in [1.165, 1.54) is 11.3 Å². The van der Waals surface area contributed by atoms with Gasteiger partial charge in [-0.25, -0.2) is 0 Å². The molecule has 4 heterocycles. The Morgan fingerprint density at radius 3 is 2.40 bits per heavy atom. The standard InChI is InChI=1S/C36H32N2O3S/c1-21(2)19-23-14-16-24(17-15-23)33(39)31-32(34(40)29-13-8-18-42-29)38-28-12-7-4-9-25(28)22(3)20-30(38)36(31)26-10-5-6-11-27(26)37-35(36)41/h4-18,20-21,30-32H,19H2,1-3H3,(H,37,41). The molecular formula is C36H32N2O3S. The lowest BCUT2D eigenvalue weighted by molar-refractivity contribution is -0.121. The molecule has 5 nitrogen and oxygen atoms in total. The summed E-state index contributed by atoms with van der Waals surface area (Å²) in [4.78, 5) is 46.7. The van der Waals surface area contributed by atoms with E-state index in [0.717, 1.165) is 34.4 Å². The van der Waals surface area contributed by atoms with Crippen molar-refractivity contribution < 1.29 is 14.4 Å². The molecule has 210 valence electrons. The van der Waals surface area contributed by atoms with Crippen LogP contribution in [0.25, 0.3) is 5.57 Å². The van der Waals surface area contributed by atoms with E-state index in [1.807, 2.05) is 97.2 Å². The fourth-order valence-corrected chi connectivity index (χ4v) is 8.11. The molecule has 4 aromatic rings. The number of para-hydroxylation sites is 2. The van der Waals surface area contributed by atoms with E-state index in [1.54, 1.807) is 0 Å². The van der Waals surface area contributed by atoms with Crippen LogP contribution < -0.4 is 10.2 Å². The lowest BCUT2D eigenvalue weighted by Gasteiger charge is -2.39. The number of allylic oxidation sites excluding steroid dienone is 1. The number of nitrogens with zero attached hydrogens (tertiary/aromatic N) is 1. The van der Waals surface area contributed by atoms with Crippen molar-refractivity contribution in [3.8, 4) is 0 Å². The second-order valence-electron chi connectivity index (χ2n) is 12.0. The van der Waals surface area contributed by atoms with Crippen LogP contribution >= 0.6 is 11.3 Å². The van der Waals surface area contributed by atoms with Crippen molar-refractivity contribution in [2.75, 3.05) is 10.2 Å². The molecule has 4 atom stereocenters. The molecule has 4 unspecified atom stereocenters. The highest BCUT2D eigenvalue weighted by atomic mass is 32.1. The van der Waals surface area contributed by atoms with E-state index in [4.69, 9.17) is 0 Å². The number of hydrogen-bond acceptors (Lipinski definition) is 5. The number of carbonyl (C=O) groups is 3. The number of thiophene rings is 1. The third-order valence-electron chi connectivity index (χ3n) is 9.08. The molecule has 1 fully saturated rings. The maximum absolute atomic E-state index is 14.9. The molecule has 1 saturated heterocycles. The van der Waals surface area contributed by atoms with Crippen LogP contribution in [0.4, 0.5) is 11.4 Å². The zero-order chi connectivity index (χ0) is 29.2. The quantitative estimate of drug-likeness (QED) is 0.248. The summed E-state index contributed by atoms with van der Waals surface area (Å²) in [5.41, 5.74) is 4.74. The first-order valence-electron chi connectivity index (χ1n) is 14.5. The van der Waals surface area contributed by atoms with Gasteiger partial charge in [0.2, 0.25) is 5.91 Å². The Morgan fingerprint density at radius 2 is 1.67 bits per heavy atom. The van der Waals surface area contributed by atoms with Crippen molar-refractivity contribution in [1.29, 1.82) is 0 Å². The molecule has 0 saturated carbocycles. The summed E-state index contributed by atoms with van der Waals surface area (Å²) in [7, 11) is 0. The second kappa shape index (κ2) is 9.92. The van der Waals surface area contributed by atoms with Crippen molar-refractivity contribution in [2.45, 2.75) is 44.7 Å². The summed E-state index contributed by atoms with van der Waals surface area (Å²) >= 11 is 1.37. The number of nitrogens with one attached hydrogen (secondary N) is 1. The maximum Gasteiger partial charge on any atom is 0.238 e. The fourth-order valence-electron chi connectivity index (χ4n) is 7.41. The van der Waals surface area contributed by atoms with Crippen molar-refractivity contribution >= 4 is 45.8 Å². The minimum absolute atomic E-state index is 0.137. The number of carbonyl (C=O) groups excluding carboxylic acids is 3. The molecule has 0 radical (unpaired) electrons. The van der Waals surface area contributed by atoms with Crippen molar-refractivity contribution in [3.05, 3.63) is 124 Å². The van der Waals surface area contributed by atoms with Gasteiger partial charge in [0.15, 0.2) is 11.6 Å². The second-order valence-corrected chi connectivity index (χ2v) is 13.0. The van der Waals surface area contributed by atoms with E-state index in [9.17, 15) is 14.4 Å². The van der Waals surface area contributed by atoms with Gasteiger partial charge in [-0.15, -0.1) is 11.3 Å². The molecule has 6 heteroatoms. The predicted octanol–water partition coefficient (Wildman–Crippen LogP) is 7.19. The van der Waals surface area contributed by atoms with Crippen molar-refractivity contribution in [2.24, 2.45) is 11.8 Å². The molecule has 7 rings (SSSR count). The summed E-state index contributed by atoms with van der Waals surface area (Å²) in [6.45, 7) is 6.38. The average molecular weight is 573 g/mol. The van der Waals surface area contributed by atoms with Crippen LogP contribution in [-0.4, -0.2) is 29.6 Å². The number of anilines is 2. The Bertz CT molecular complexity index is 1750. The predicted molar refractivity (Wildman–Crippen MR) is 168 cm³/mol. The molecule has 3 aromatic carbocycles. The van der Waals surface area contributed by atoms with Gasteiger partial charge in [-0.05, 0) is 59.5 Å². The van der Waals surface area contributed by atoms with Crippen LogP contribution in [0.3, 0.4) is 0 Å². The van der Waals surface area contributed by atoms with Crippen molar-refractivity contribution in [3.63, 3.8) is 0 Å². The minimum Gasteiger partial charge on any atom is -0.352 e. The maximum atomic E-state index is 14.9. The van der Waals surface area contributed by atoms with Crippen LogP contribution in [0.15, 0.2) is 96.4 Å². The molecule has 3 aliphatic rings. The van der Waals surface area contributed by atoms with Gasteiger partial charge in [-0.2, -0.15) is 0 Å². The summed E-state index contributed by atoms with van der Waals surface area (Å²) < 4.78 is 0. The van der Waals surface area contributed by atoms with Crippen LogP contribution in [0.2, 0.25) is 0 Å². The molecule has 42 heavy (non-hydrogen) atoms. The highest BCUT2D eigenvalue weighted by Crippen LogP contribution is 2.58. The van der Waals surface area contributed by atoms with Gasteiger partial charge >= 0.3 is 0 Å².